The molecule has 7 nitrogen and oxygen atoms in total. The molecule has 34 heavy (non-hydrogen) atoms. The quantitative estimate of drug-likeness (QED) is 0.537. The van der Waals surface area contributed by atoms with Gasteiger partial charge >= 0.3 is 0 Å². The van der Waals surface area contributed by atoms with Crippen LogP contribution >= 0.6 is 0 Å². The van der Waals surface area contributed by atoms with Crippen LogP contribution in [0.2, 0.25) is 0 Å². The van der Waals surface area contributed by atoms with E-state index < -0.39 is 10.0 Å². The molecule has 8 heteroatoms. The number of benzene rings is 3. The summed E-state index contributed by atoms with van der Waals surface area (Å²) < 4.78 is 40.8. The molecule has 0 bridgehead atoms. The maximum atomic E-state index is 14.0. The average Bonchev–Trinajstić information content (AvgIpc) is 2.88. The Kier molecular flexibility index (Phi) is 6.34. The summed E-state index contributed by atoms with van der Waals surface area (Å²) in [4.78, 5) is 4.51. The first-order valence-electron chi connectivity index (χ1n) is 11.5. The molecule has 178 valence electrons. The monoisotopic (exact) mass is 479 g/mol. The highest BCUT2D eigenvalue weighted by Crippen LogP contribution is 2.36. The molecule has 0 aliphatic carbocycles. The van der Waals surface area contributed by atoms with E-state index in [2.05, 4.69) is 9.80 Å². The molecule has 0 atom stereocenters. The SMILES string of the molecule is CN1CCOc2cc(S(=O)(=O)N(Cc3ccccc3)c3cccc(N4CCOCC4)c3)ccc21. The Morgan fingerprint density at radius 3 is 2.47 bits per heavy atom. The van der Waals surface area contributed by atoms with Crippen LogP contribution in [0.5, 0.6) is 5.75 Å². The van der Waals surface area contributed by atoms with Gasteiger partial charge in [0.1, 0.15) is 12.4 Å². The molecular weight excluding hydrogens is 450 g/mol. The van der Waals surface area contributed by atoms with Crippen molar-refractivity contribution in [1.82, 2.24) is 0 Å². The molecule has 3 aromatic carbocycles. The van der Waals surface area contributed by atoms with Crippen LogP contribution in [0.4, 0.5) is 17.1 Å². The fraction of sp³-hybridized carbons (Fsp3) is 0.308. The van der Waals surface area contributed by atoms with Crippen LogP contribution in [0, 0.1) is 0 Å². The van der Waals surface area contributed by atoms with Crippen LogP contribution < -0.4 is 18.8 Å². The molecular formula is C26H29N3O4S. The van der Waals surface area contributed by atoms with Gasteiger partial charge in [-0.3, -0.25) is 4.31 Å². The van der Waals surface area contributed by atoms with E-state index in [0.717, 1.165) is 36.6 Å². The zero-order valence-corrected chi connectivity index (χ0v) is 20.1. The minimum atomic E-state index is -3.86. The summed E-state index contributed by atoms with van der Waals surface area (Å²) in [6, 6.07) is 22.5. The predicted octanol–water partition coefficient (Wildman–Crippen LogP) is 3.75. The first-order chi connectivity index (χ1) is 16.5. The lowest BCUT2D eigenvalue weighted by molar-refractivity contribution is 0.122. The second kappa shape index (κ2) is 9.56. The second-order valence-electron chi connectivity index (χ2n) is 8.52. The van der Waals surface area contributed by atoms with Gasteiger partial charge in [-0.25, -0.2) is 8.42 Å². The molecule has 1 saturated heterocycles. The number of sulfonamides is 1. The lowest BCUT2D eigenvalue weighted by atomic mass is 10.2. The third-order valence-corrected chi connectivity index (χ3v) is 8.05. The highest BCUT2D eigenvalue weighted by atomic mass is 32.2. The van der Waals surface area contributed by atoms with Gasteiger partial charge in [0, 0.05) is 31.9 Å². The zero-order valence-electron chi connectivity index (χ0n) is 19.3. The summed E-state index contributed by atoms with van der Waals surface area (Å²) in [7, 11) is -1.88. The normalized spacial score (nSPS) is 16.0. The highest BCUT2D eigenvalue weighted by molar-refractivity contribution is 7.92. The Balaban J connectivity index is 1.55. The first-order valence-corrected chi connectivity index (χ1v) is 12.9. The Bertz CT molecular complexity index is 1240. The average molecular weight is 480 g/mol. The van der Waals surface area contributed by atoms with Crippen LogP contribution in [-0.4, -0.2) is 54.9 Å². The van der Waals surface area contributed by atoms with E-state index in [1.165, 1.54) is 4.31 Å². The fourth-order valence-electron chi connectivity index (χ4n) is 4.36. The van der Waals surface area contributed by atoms with Crippen molar-refractivity contribution in [3.05, 3.63) is 78.4 Å². The molecule has 1 fully saturated rings. The number of morpholine rings is 1. The van der Waals surface area contributed by atoms with E-state index in [1.54, 1.807) is 12.1 Å². The smallest absolute Gasteiger partial charge is 0.264 e. The molecule has 5 rings (SSSR count). The van der Waals surface area contributed by atoms with Gasteiger partial charge < -0.3 is 19.3 Å². The van der Waals surface area contributed by atoms with Gasteiger partial charge in [0.25, 0.3) is 10.0 Å². The van der Waals surface area contributed by atoms with Crippen molar-refractivity contribution in [3.63, 3.8) is 0 Å². The summed E-state index contributed by atoms with van der Waals surface area (Å²) in [5, 5.41) is 0. The number of hydrogen-bond donors (Lipinski definition) is 0. The summed E-state index contributed by atoms with van der Waals surface area (Å²) >= 11 is 0. The van der Waals surface area contributed by atoms with Gasteiger partial charge in [-0.05, 0) is 35.9 Å². The molecule has 0 saturated carbocycles. The number of nitrogens with zero attached hydrogens (tertiary/aromatic N) is 3. The molecule has 0 radical (unpaired) electrons. The van der Waals surface area contributed by atoms with Gasteiger partial charge in [-0.1, -0.05) is 36.4 Å². The van der Waals surface area contributed by atoms with Crippen LogP contribution in [0.3, 0.4) is 0 Å². The summed E-state index contributed by atoms with van der Waals surface area (Å²) in [5.74, 6) is 0.594. The largest absolute Gasteiger partial charge is 0.490 e. The van der Waals surface area contributed by atoms with Gasteiger partial charge in [0.15, 0.2) is 0 Å². The van der Waals surface area contributed by atoms with Gasteiger partial charge in [-0.15, -0.1) is 0 Å². The van der Waals surface area contributed by atoms with Crippen LogP contribution in [-0.2, 0) is 21.3 Å². The molecule has 0 amide bonds. The minimum absolute atomic E-state index is 0.217. The lowest BCUT2D eigenvalue weighted by Crippen LogP contribution is -2.36. The fourth-order valence-corrected chi connectivity index (χ4v) is 5.82. The van der Waals surface area contributed by atoms with Crippen molar-refractivity contribution in [2.24, 2.45) is 0 Å². The van der Waals surface area contributed by atoms with Gasteiger partial charge in [0.2, 0.25) is 0 Å². The Morgan fingerprint density at radius 2 is 1.68 bits per heavy atom. The molecule has 0 unspecified atom stereocenters. The molecule has 2 heterocycles. The number of rotatable bonds is 6. The van der Waals surface area contributed by atoms with E-state index >= 15 is 0 Å². The zero-order chi connectivity index (χ0) is 23.5. The molecule has 0 aromatic heterocycles. The van der Waals surface area contributed by atoms with Crippen molar-refractivity contribution >= 4 is 27.1 Å². The van der Waals surface area contributed by atoms with Crippen LogP contribution in [0.1, 0.15) is 5.56 Å². The summed E-state index contributed by atoms with van der Waals surface area (Å²) in [6.45, 7) is 4.43. The van der Waals surface area contributed by atoms with Crippen LogP contribution in [0.15, 0.2) is 77.7 Å². The van der Waals surface area contributed by atoms with E-state index in [0.29, 0.717) is 31.3 Å². The third kappa shape index (κ3) is 4.56. The van der Waals surface area contributed by atoms with E-state index in [1.807, 2.05) is 67.7 Å². The Hall–Kier alpha value is -3.23. The maximum Gasteiger partial charge on any atom is 0.264 e. The van der Waals surface area contributed by atoms with Crippen molar-refractivity contribution in [2.75, 3.05) is 60.6 Å². The number of anilines is 3. The van der Waals surface area contributed by atoms with Gasteiger partial charge in [0.05, 0.1) is 42.6 Å². The molecule has 0 N–H and O–H groups in total. The number of hydrogen-bond acceptors (Lipinski definition) is 6. The first kappa shape index (κ1) is 22.6. The third-order valence-electron chi connectivity index (χ3n) is 6.28. The van der Waals surface area contributed by atoms with Crippen molar-refractivity contribution < 1.29 is 17.9 Å². The Labute approximate surface area is 201 Å². The standard InChI is InChI=1S/C26H29N3O4S/c1-27-12-17-33-26-19-24(10-11-25(26)27)34(30,31)29(20-21-6-3-2-4-7-21)23-9-5-8-22(18-23)28-13-15-32-16-14-28/h2-11,18-19H,12-17,20H2,1H3. The Morgan fingerprint density at radius 1 is 0.882 bits per heavy atom. The van der Waals surface area contributed by atoms with Crippen LogP contribution in [0.25, 0.3) is 0 Å². The van der Waals surface area contributed by atoms with E-state index in [-0.39, 0.29) is 11.4 Å². The highest BCUT2D eigenvalue weighted by Gasteiger charge is 2.28. The summed E-state index contributed by atoms with van der Waals surface area (Å²) in [6.07, 6.45) is 0. The second-order valence-corrected chi connectivity index (χ2v) is 10.4. The number of ether oxygens (including phenoxy) is 2. The maximum absolute atomic E-state index is 14.0. The molecule has 2 aliphatic heterocycles. The molecule has 3 aromatic rings. The van der Waals surface area contributed by atoms with Crippen molar-refractivity contribution in [3.8, 4) is 5.75 Å². The minimum Gasteiger partial charge on any atom is -0.490 e. The van der Waals surface area contributed by atoms with E-state index in [9.17, 15) is 8.42 Å². The molecule has 2 aliphatic rings. The van der Waals surface area contributed by atoms with Gasteiger partial charge in [-0.2, -0.15) is 0 Å². The topological polar surface area (TPSA) is 62.3 Å². The van der Waals surface area contributed by atoms with Crippen molar-refractivity contribution in [1.29, 1.82) is 0 Å². The lowest BCUT2D eigenvalue weighted by Gasteiger charge is -2.31. The predicted molar refractivity (Wildman–Crippen MR) is 134 cm³/mol. The van der Waals surface area contributed by atoms with Crippen molar-refractivity contribution in [2.45, 2.75) is 11.4 Å². The van der Waals surface area contributed by atoms with E-state index in [4.69, 9.17) is 9.47 Å². The molecule has 0 spiro atoms. The summed E-state index contributed by atoms with van der Waals surface area (Å²) in [5.41, 5.74) is 3.43. The number of likely N-dealkylation sites (N-methyl/N-ethyl adjacent to an activating group) is 1. The number of fused-ring (bicyclic) bond motifs is 1.